The zero-order valence-electron chi connectivity index (χ0n) is 41.3. The van der Waals surface area contributed by atoms with Crippen LogP contribution in [0.25, 0.3) is 0 Å². The average Bonchev–Trinajstić information content (AvgIpc) is 4.02. The molecule has 9 unspecified atom stereocenters. The van der Waals surface area contributed by atoms with E-state index in [1.54, 1.807) is 0 Å². The number of hydrogen-bond donors (Lipinski definition) is 3. The van der Waals surface area contributed by atoms with E-state index in [9.17, 15) is 9.90 Å². The van der Waals surface area contributed by atoms with Crippen molar-refractivity contribution in [3.05, 3.63) is 0 Å². The van der Waals surface area contributed by atoms with Gasteiger partial charge in [-0.15, -0.1) is 0 Å². The van der Waals surface area contributed by atoms with Crippen molar-refractivity contribution in [3.63, 3.8) is 0 Å². The van der Waals surface area contributed by atoms with Crippen LogP contribution in [0.5, 0.6) is 0 Å². The summed E-state index contributed by atoms with van der Waals surface area (Å²) in [6.45, 7) is 22.2. The maximum Gasteiger partial charge on any atom is 0.372 e. The van der Waals surface area contributed by atoms with Crippen molar-refractivity contribution < 1.29 is 83.0 Å². The summed E-state index contributed by atoms with van der Waals surface area (Å²) in [5, 5.41) is 18.5. The fourth-order valence-corrected chi connectivity index (χ4v) is 35.7. The second kappa shape index (κ2) is 31.7. The molecule has 0 aromatic rings. The Morgan fingerprint density at radius 1 is 0.455 bits per heavy atom. The van der Waals surface area contributed by atoms with Crippen LogP contribution in [-0.2, 0) is 67.9 Å². The summed E-state index contributed by atoms with van der Waals surface area (Å²) in [6.07, 6.45) is 6.20. The molecule has 0 amide bonds. The molecule has 0 saturated carbocycles. The van der Waals surface area contributed by atoms with Crippen LogP contribution in [0.2, 0.25) is 69.5 Å². The van der Waals surface area contributed by atoms with E-state index in [2.05, 4.69) is 38.4 Å². The van der Waals surface area contributed by atoms with Gasteiger partial charge in [0.2, 0.25) is 8.65 Å². The number of aliphatic hydroxyl groups is 2. The van der Waals surface area contributed by atoms with Crippen LogP contribution in [0.3, 0.4) is 0 Å². The van der Waals surface area contributed by atoms with Crippen LogP contribution in [0.15, 0.2) is 0 Å². The van der Waals surface area contributed by atoms with Gasteiger partial charge in [0.15, 0.2) is 0 Å². The molecule has 388 valence electrons. The van der Waals surface area contributed by atoms with Crippen molar-refractivity contribution in [1.82, 2.24) is 0 Å². The summed E-state index contributed by atoms with van der Waals surface area (Å²) >= 11 is 0. The lowest BCUT2D eigenvalue weighted by atomic mass is 10.5. The number of hydrogen-bond acceptors (Lipinski definition) is 18. The van der Waals surface area contributed by atoms with Crippen LogP contribution < -0.4 is 0 Å². The largest absolute Gasteiger partial charge is 0.587 e. The highest BCUT2D eigenvalue weighted by Crippen LogP contribution is 2.35. The molecule has 0 radical (unpaired) electrons. The Kier molecular flexibility index (Phi) is 28.3. The van der Waals surface area contributed by atoms with Gasteiger partial charge in [0.25, 0.3) is 0 Å². The maximum atomic E-state index is 12.0. The average molecular weight is 1050 g/mol. The zero-order chi connectivity index (χ0) is 47.6. The molecule has 4 heterocycles. The molecular weight excluding hydrogens is 961 g/mol. The molecular formula is C42H88O18Si6. The first kappa shape index (κ1) is 58.9. The van der Waals surface area contributed by atoms with Crippen molar-refractivity contribution in [2.45, 2.75) is 145 Å². The quantitative estimate of drug-likeness (QED) is 0.0442. The highest BCUT2D eigenvalue weighted by molar-refractivity contribution is 6.91. The normalized spacial score (nSPS) is 24.8. The summed E-state index contributed by atoms with van der Waals surface area (Å²) < 4.78 is 93.7. The van der Waals surface area contributed by atoms with Crippen LogP contribution >= 0.6 is 0 Å². The van der Waals surface area contributed by atoms with Crippen molar-refractivity contribution in [1.29, 1.82) is 0 Å². The number of rotatable bonds is 47. The summed E-state index contributed by atoms with van der Waals surface area (Å²) in [5.41, 5.74) is 2.23. The molecule has 24 heteroatoms. The SMILES string of the molecule is C/[Si](=C\CCOCCCO)O[Si](C)(CCCOCC1CO1)O[Si](C)(CCCOCC1CO1)O[Si](C)(CCCOCC1CO1)O[Si](C)(CCCOCCCO)O[Si](C)(O)CCCOCC1CO1. The molecule has 4 saturated heterocycles. The van der Waals surface area contributed by atoms with Gasteiger partial charge < -0.3 is 83.0 Å². The van der Waals surface area contributed by atoms with Gasteiger partial charge in [-0.05, 0) is 115 Å². The van der Waals surface area contributed by atoms with Gasteiger partial charge >= 0.3 is 42.8 Å². The summed E-state index contributed by atoms with van der Waals surface area (Å²) in [5.74, 6) is 0. The summed E-state index contributed by atoms with van der Waals surface area (Å²) in [6, 6.07) is 3.09. The van der Waals surface area contributed by atoms with Gasteiger partial charge in [-0.2, -0.15) is 0 Å². The van der Waals surface area contributed by atoms with E-state index < -0.39 is 51.5 Å². The zero-order valence-corrected chi connectivity index (χ0v) is 47.3. The standard InChI is InChI=1S/C42H88O18Si6/c1-61(25-9-19-46-17-7-15-43)56-63(3,27-12-22-49-32-40-36-53-40)58-65(5,29-13-23-50-33-41-37-54-41)60-66(6,30-14-24-51-34-42-38-55-42)59-64(4,28-11-20-47-18-8-16-44)57-62(2,45)26-10-21-48-31-39-35-52-39/h25,39-45H,7-24,26-38H2,1-6H3/b61-25+. The third kappa shape index (κ3) is 29.0. The lowest BCUT2D eigenvalue weighted by Crippen LogP contribution is -2.62. The summed E-state index contributed by atoms with van der Waals surface area (Å²) in [7, 11) is -17.2. The molecule has 4 aliphatic rings. The van der Waals surface area contributed by atoms with Crippen LogP contribution in [-0.4, -0.2) is 215 Å². The second-order valence-electron chi connectivity index (χ2n) is 18.8. The van der Waals surface area contributed by atoms with E-state index in [1.165, 1.54) is 0 Å². The minimum Gasteiger partial charge on any atom is -0.587 e. The Labute approximate surface area is 402 Å². The molecule has 0 aromatic heterocycles. The van der Waals surface area contributed by atoms with Gasteiger partial charge in [0.05, 0.1) is 52.9 Å². The van der Waals surface area contributed by atoms with E-state index in [0.717, 1.165) is 51.7 Å². The minimum absolute atomic E-state index is 0.0749. The fraction of sp³-hybridized carbons (Fsp3) is 0.976. The smallest absolute Gasteiger partial charge is 0.372 e. The molecule has 0 bridgehead atoms. The van der Waals surface area contributed by atoms with E-state index >= 15 is 0 Å². The Morgan fingerprint density at radius 2 is 0.773 bits per heavy atom. The topological polar surface area (TPSA) is 212 Å². The summed E-state index contributed by atoms with van der Waals surface area (Å²) in [4.78, 5) is 12.0. The van der Waals surface area contributed by atoms with E-state index in [4.69, 9.17) is 73.1 Å². The maximum absolute atomic E-state index is 12.0. The molecule has 0 aromatic carbocycles. The number of ether oxygens (including phenoxy) is 10. The first-order valence-electron chi connectivity index (χ1n) is 24.7. The number of aliphatic hydroxyl groups excluding tert-OH is 2. The molecule has 66 heavy (non-hydrogen) atoms. The molecule has 4 fully saturated rings. The fourth-order valence-electron chi connectivity index (χ4n) is 7.64. The molecule has 0 aliphatic carbocycles. The van der Waals surface area contributed by atoms with E-state index in [0.29, 0.717) is 136 Å². The van der Waals surface area contributed by atoms with Gasteiger partial charge in [-0.3, -0.25) is 0 Å². The van der Waals surface area contributed by atoms with Crippen molar-refractivity contribution in [2.75, 3.05) is 119 Å². The third-order valence-corrected chi connectivity index (χ3v) is 35.2. The number of epoxide rings is 4. The molecule has 3 N–H and O–H groups in total. The first-order valence-corrected chi connectivity index (χ1v) is 39.3. The highest BCUT2D eigenvalue weighted by Gasteiger charge is 2.53. The van der Waals surface area contributed by atoms with Crippen molar-refractivity contribution in [2.24, 2.45) is 0 Å². The minimum atomic E-state index is -3.25. The Morgan fingerprint density at radius 3 is 1.17 bits per heavy atom. The molecule has 4 rings (SSSR count). The Balaban J connectivity index is 1.58. The Hall–Kier alpha value is 0.291. The van der Waals surface area contributed by atoms with E-state index in [1.807, 2.05) is 6.55 Å². The van der Waals surface area contributed by atoms with Gasteiger partial charge in [0, 0.05) is 72.1 Å². The van der Waals surface area contributed by atoms with Gasteiger partial charge in [-0.25, -0.2) is 0 Å². The lowest BCUT2D eigenvalue weighted by Gasteiger charge is -2.46. The molecule has 4 aliphatic heterocycles. The van der Waals surface area contributed by atoms with Crippen LogP contribution in [0.4, 0.5) is 0 Å². The van der Waals surface area contributed by atoms with E-state index in [-0.39, 0.29) is 37.6 Å². The van der Waals surface area contributed by atoms with Crippen molar-refractivity contribution in [3.8, 4) is 0 Å². The highest BCUT2D eigenvalue weighted by atomic mass is 28.5. The Bertz CT molecular complexity index is 1320. The van der Waals surface area contributed by atoms with Crippen LogP contribution in [0.1, 0.15) is 51.4 Å². The van der Waals surface area contributed by atoms with Gasteiger partial charge in [-0.1, -0.05) is 5.67 Å². The van der Waals surface area contributed by atoms with Gasteiger partial charge in [0.1, 0.15) is 24.4 Å². The molecule has 0 spiro atoms. The van der Waals surface area contributed by atoms with Crippen LogP contribution in [0, 0.1) is 0 Å². The second-order valence-corrected chi connectivity index (χ2v) is 38.5. The molecule has 9 atom stereocenters. The van der Waals surface area contributed by atoms with Crippen molar-refractivity contribution >= 4 is 57.1 Å². The monoisotopic (exact) mass is 1050 g/mol. The lowest BCUT2D eigenvalue weighted by molar-refractivity contribution is 0.112. The predicted molar refractivity (Wildman–Crippen MR) is 262 cm³/mol. The molecule has 18 nitrogen and oxygen atoms in total. The first-order chi connectivity index (χ1) is 31.7. The predicted octanol–water partition coefficient (Wildman–Crippen LogP) is 4.23. The third-order valence-electron chi connectivity index (χ3n) is 11.1.